The van der Waals surface area contributed by atoms with Crippen LogP contribution < -0.4 is 14.2 Å². The van der Waals surface area contributed by atoms with Gasteiger partial charge in [0.1, 0.15) is 17.4 Å². The summed E-state index contributed by atoms with van der Waals surface area (Å²) in [4.78, 5) is 18.3. The summed E-state index contributed by atoms with van der Waals surface area (Å²) in [6.45, 7) is 0.966. The van der Waals surface area contributed by atoms with E-state index >= 15 is 0 Å². The van der Waals surface area contributed by atoms with Gasteiger partial charge in [-0.25, -0.2) is 8.78 Å². The quantitative estimate of drug-likeness (QED) is 0.586. The molecule has 1 aliphatic rings. The summed E-state index contributed by atoms with van der Waals surface area (Å²) < 4.78 is 44.2. The lowest BCUT2D eigenvalue weighted by Crippen LogP contribution is -2.43. The second-order valence-electron chi connectivity index (χ2n) is 6.85. The Labute approximate surface area is 176 Å². The number of aromatic nitrogens is 1. The van der Waals surface area contributed by atoms with Gasteiger partial charge in [0.15, 0.2) is 23.9 Å². The molecule has 9 heteroatoms. The van der Waals surface area contributed by atoms with Crippen molar-refractivity contribution in [3.63, 3.8) is 0 Å². The van der Waals surface area contributed by atoms with Gasteiger partial charge in [-0.15, -0.1) is 0 Å². The van der Waals surface area contributed by atoms with Crippen molar-refractivity contribution in [2.45, 2.75) is 18.9 Å². The number of ether oxygens (including phenoxy) is 3. The van der Waals surface area contributed by atoms with Crippen molar-refractivity contribution in [2.24, 2.45) is 0 Å². The van der Waals surface area contributed by atoms with Crippen molar-refractivity contribution in [3.05, 3.63) is 48.0 Å². The first-order valence-corrected chi connectivity index (χ1v) is 10.3. The predicted molar refractivity (Wildman–Crippen MR) is 108 cm³/mol. The summed E-state index contributed by atoms with van der Waals surface area (Å²) in [5.41, 5.74) is 0.109. The topological polar surface area (TPSA) is 60.9 Å². The van der Waals surface area contributed by atoms with Crippen LogP contribution in [0.15, 0.2) is 36.4 Å². The van der Waals surface area contributed by atoms with Crippen LogP contribution in [0.25, 0.3) is 10.2 Å². The highest BCUT2D eigenvalue weighted by Gasteiger charge is 2.25. The molecule has 6 nitrogen and oxygen atoms in total. The Morgan fingerprint density at radius 3 is 2.67 bits per heavy atom. The maximum Gasteiger partial charge on any atom is 0.274 e. The predicted octanol–water partition coefficient (Wildman–Crippen LogP) is 4.03. The van der Waals surface area contributed by atoms with E-state index in [0.29, 0.717) is 47.3 Å². The number of fused-ring (bicyclic) bond motifs is 1. The number of hydrogen-bond donors (Lipinski definition) is 0. The third kappa shape index (κ3) is 4.46. The lowest BCUT2D eigenvalue weighted by atomic mass is 10.1. The van der Waals surface area contributed by atoms with E-state index < -0.39 is 11.6 Å². The molecule has 1 aliphatic heterocycles. The van der Waals surface area contributed by atoms with E-state index in [4.69, 9.17) is 14.2 Å². The molecular weight excluding hydrogens is 414 g/mol. The van der Waals surface area contributed by atoms with Crippen molar-refractivity contribution < 1.29 is 27.8 Å². The fraction of sp³-hybridized carbons (Fsp3) is 0.333. The van der Waals surface area contributed by atoms with Crippen molar-refractivity contribution in [1.29, 1.82) is 0 Å². The number of thiazole rings is 1. The van der Waals surface area contributed by atoms with Crippen LogP contribution in [0.3, 0.4) is 0 Å². The molecule has 0 spiro atoms. The maximum absolute atomic E-state index is 13.8. The summed E-state index contributed by atoms with van der Waals surface area (Å²) >= 11 is 1.11. The molecule has 30 heavy (non-hydrogen) atoms. The number of para-hydroxylation sites is 2. The van der Waals surface area contributed by atoms with E-state index in [1.807, 2.05) is 12.1 Å². The highest BCUT2D eigenvalue weighted by atomic mass is 32.1. The zero-order chi connectivity index (χ0) is 21.1. The van der Waals surface area contributed by atoms with E-state index in [1.165, 1.54) is 6.07 Å². The second-order valence-corrected chi connectivity index (χ2v) is 7.84. The minimum Gasteiger partial charge on any atom is -0.493 e. The summed E-state index contributed by atoms with van der Waals surface area (Å²) in [6, 6.07) is 9.21. The van der Waals surface area contributed by atoms with Gasteiger partial charge in [0.25, 0.3) is 11.1 Å². The average molecular weight is 434 g/mol. The molecule has 3 aromatic rings. The Balaban J connectivity index is 1.29. The molecule has 0 bridgehead atoms. The second kappa shape index (κ2) is 8.83. The normalized spacial score (nSPS) is 14.7. The Kier molecular flexibility index (Phi) is 5.98. The fourth-order valence-corrected chi connectivity index (χ4v) is 4.24. The first-order valence-electron chi connectivity index (χ1n) is 9.49. The molecule has 0 unspecified atom stereocenters. The average Bonchev–Trinajstić information content (AvgIpc) is 3.15. The van der Waals surface area contributed by atoms with Crippen LogP contribution in [-0.4, -0.2) is 48.7 Å². The minimum absolute atomic E-state index is 0.0748. The summed E-state index contributed by atoms with van der Waals surface area (Å²) in [6.07, 6.45) is 1.10. The van der Waals surface area contributed by atoms with Gasteiger partial charge in [-0.05, 0) is 18.2 Å². The van der Waals surface area contributed by atoms with Crippen molar-refractivity contribution in [1.82, 2.24) is 9.88 Å². The van der Waals surface area contributed by atoms with E-state index in [9.17, 15) is 13.6 Å². The van der Waals surface area contributed by atoms with Crippen molar-refractivity contribution in [3.8, 4) is 16.7 Å². The van der Waals surface area contributed by atoms with Gasteiger partial charge in [0, 0.05) is 32.0 Å². The van der Waals surface area contributed by atoms with Crippen LogP contribution in [0, 0.1) is 11.6 Å². The molecule has 2 heterocycles. The van der Waals surface area contributed by atoms with Gasteiger partial charge in [0.05, 0.1) is 11.8 Å². The number of piperidine rings is 1. The Morgan fingerprint density at radius 2 is 1.93 bits per heavy atom. The number of nitrogens with zero attached hydrogens (tertiary/aromatic N) is 2. The molecule has 0 radical (unpaired) electrons. The van der Waals surface area contributed by atoms with Gasteiger partial charge in [-0.2, -0.15) is 4.98 Å². The third-order valence-corrected chi connectivity index (χ3v) is 5.77. The maximum atomic E-state index is 13.8. The number of hydrogen-bond acceptors (Lipinski definition) is 6. The molecular formula is C21H20F2N2O4S. The first-order chi connectivity index (χ1) is 14.5. The molecule has 4 rings (SSSR count). The molecule has 1 aromatic heterocycles. The molecule has 2 aromatic carbocycles. The van der Waals surface area contributed by atoms with Crippen LogP contribution in [0.5, 0.6) is 16.7 Å². The summed E-state index contributed by atoms with van der Waals surface area (Å²) in [7, 11) is 1.55. The molecule has 158 valence electrons. The van der Waals surface area contributed by atoms with E-state index in [1.54, 1.807) is 24.1 Å². The highest BCUT2D eigenvalue weighted by molar-refractivity contribution is 7.20. The molecule has 1 amide bonds. The zero-order valence-corrected chi connectivity index (χ0v) is 17.1. The molecule has 0 aliphatic carbocycles. The van der Waals surface area contributed by atoms with Gasteiger partial charge < -0.3 is 19.1 Å². The first kappa shape index (κ1) is 20.3. The Morgan fingerprint density at radius 1 is 1.20 bits per heavy atom. The van der Waals surface area contributed by atoms with Gasteiger partial charge in [-0.3, -0.25) is 4.79 Å². The molecule has 1 fully saturated rings. The fourth-order valence-electron chi connectivity index (χ4n) is 3.32. The number of likely N-dealkylation sites (tertiary alicyclic amines) is 1. The SMILES string of the molecule is COc1ccccc1OCC(=O)N1CCC(Oc2nc3c(F)cc(F)cc3s2)CC1. The van der Waals surface area contributed by atoms with Crippen molar-refractivity contribution >= 4 is 27.5 Å². The molecule has 0 atom stereocenters. The number of benzene rings is 2. The van der Waals surface area contributed by atoms with Gasteiger partial charge in [0.2, 0.25) is 0 Å². The zero-order valence-electron chi connectivity index (χ0n) is 16.3. The van der Waals surface area contributed by atoms with E-state index in [0.717, 1.165) is 17.4 Å². The Hall–Kier alpha value is -2.94. The number of halogens is 2. The number of rotatable bonds is 6. The Bertz CT molecular complexity index is 1050. The molecule has 0 saturated carbocycles. The largest absolute Gasteiger partial charge is 0.493 e. The van der Waals surface area contributed by atoms with Crippen LogP contribution in [0.2, 0.25) is 0 Å². The van der Waals surface area contributed by atoms with Crippen LogP contribution >= 0.6 is 11.3 Å². The van der Waals surface area contributed by atoms with Crippen LogP contribution in [0.1, 0.15) is 12.8 Å². The molecule has 1 saturated heterocycles. The number of carbonyl (C=O) groups excluding carboxylic acids is 1. The smallest absolute Gasteiger partial charge is 0.274 e. The minimum atomic E-state index is -0.702. The number of methoxy groups -OCH3 is 1. The van der Waals surface area contributed by atoms with Gasteiger partial charge >= 0.3 is 0 Å². The van der Waals surface area contributed by atoms with Crippen LogP contribution in [-0.2, 0) is 4.79 Å². The number of amides is 1. The summed E-state index contributed by atoms with van der Waals surface area (Å²) in [5, 5.41) is 0.304. The monoisotopic (exact) mass is 434 g/mol. The standard InChI is InChI=1S/C21H20F2N2O4S/c1-27-16-4-2-3-5-17(16)28-12-19(26)25-8-6-14(7-9-25)29-21-24-20-15(23)10-13(22)11-18(20)30-21/h2-5,10-11,14H,6-9,12H2,1H3. The highest BCUT2D eigenvalue weighted by Crippen LogP contribution is 2.32. The third-order valence-electron chi connectivity index (χ3n) is 4.88. The van der Waals surface area contributed by atoms with E-state index in [2.05, 4.69) is 4.98 Å². The van der Waals surface area contributed by atoms with Crippen LogP contribution in [0.4, 0.5) is 8.78 Å². The van der Waals surface area contributed by atoms with E-state index in [-0.39, 0.29) is 24.1 Å². The number of carbonyl (C=O) groups is 1. The lowest BCUT2D eigenvalue weighted by Gasteiger charge is -2.31. The van der Waals surface area contributed by atoms with Crippen molar-refractivity contribution in [2.75, 3.05) is 26.8 Å². The molecule has 0 N–H and O–H groups in total. The van der Waals surface area contributed by atoms with Gasteiger partial charge in [-0.1, -0.05) is 23.5 Å². The summed E-state index contributed by atoms with van der Waals surface area (Å²) in [5.74, 6) is -0.364. The lowest BCUT2D eigenvalue weighted by molar-refractivity contribution is -0.135.